The molecule has 0 aliphatic carbocycles. The number of likely N-dealkylation sites (N-methyl/N-ethyl adjacent to an activating group) is 1. The largest absolute Gasteiger partial charge is 0.397 e. The number of anilines is 2. The van der Waals surface area contributed by atoms with Crippen LogP contribution in [0.1, 0.15) is 19.4 Å². The van der Waals surface area contributed by atoms with Crippen molar-refractivity contribution in [1.29, 1.82) is 0 Å². The Morgan fingerprint density at radius 2 is 2.15 bits per heavy atom. The molecule has 0 atom stereocenters. The van der Waals surface area contributed by atoms with Crippen molar-refractivity contribution in [2.24, 2.45) is 0 Å². The summed E-state index contributed by atoms with van der Waals surface area (Å²) in [6.07, 6.45) is 0.212. The van der Waals surface area contributed by atoms with Crippen molar-refractivity contribution in [3.05, 3.63) is 23.8 Å². The molecule has 5 heteroatoms. The molecular formula is C15H25N3O2. The van der Waals surface area contributed by atoms with Crippen LogP contribution in [0, 0.1) is 6.92 Å². The van der Waals surface area contributed by atoms with Crippen LogP contribution < -0.4 is 11.1 Å². The zero-order chi connectivity index (χ0) is 15.1. The number of para-hydroxylation sites is 1. The number of nitrogens with zero attached hydrogens (tertiary/aromatic N) is 1. The van der Waals surface area contributed by atoms with Crippen LogP contribution in [0.4, 0.5) is 11.4 Å². The predicted octanol–water partition coefficient (Wildman–Crippen LogP) is 1.87. The standard InChI is InChI=1S/C15H25N3O2/c1-11(2)20-9-8-18(4)10-14(19)17-15-12(3)6-5-7-13(15)16/h5-7,11H,8-10,16H2,1-4H3,(H,17,19). The van der Waals surface area contributed by atoms with Gasteiger partial charge in [0.15, 0.2) is 0 Å². The zero-order valence-electron chi connectivity index (χ0n) is 12.8. The maximum absolute atomic E-state index is 12.0. The second kappa shape index (κ2) is 7.87. The number of nitrogens with one attached hydrogen (secondary N) is 1. The van der Waals surface area contributed by atoms with Crippen molar-refractivity contribution in [3.63, 3.8) is 0 Å². The van der Waals surface area contributed by atoms with Gasteiger partial charge >= 0.3 is 0 Å². The Balaban J connectivity index is 2.43. The van der Waals surface area contributed by atoms with E-state index in [2.05, 4.69) is 5.32 Å². The predicted molar refractivity (Wildman–Crippen MR) is 82.8 cm³/mol. The second-order valence-corrected chi connectivity index (χ2v) is 5.24. The average Bonchev–Trinajstić information content (AvgIpc) is 2.33. The first-order valence-electron chi connectivity index (χ1n) is 6.85. The minimum atomic E-state index is -0.0713. The van der Waals surface area contributed by atoms with Gasteiger partial charge in [-0.05, 0) is 39.4 Å². The highest BCUT2D eigenvalue weighted by molar-refractivity contribution is 5.96. The molecule has 0 aliphatic rings. The van der Waals surface area contributed by atoms with Crippen molar-refractivity contribution in [3.8, 4) is 0 Å². The van der Waals surface area contributed by atoms with E-state index in [0.717, 1.165) is 12.1 Å². The first-order valence-corrected chi connectivity index (χ1v) is 6.85. The third kappa shape index (κ3) is 5.59. The minimum Gasteiger partial charge on any atom is -0.397 e. The van der Waals surface area contributed by atoms with Crippen LogP contribution in [0.25, 0.3) is 0 Å². The lowest BCUT2D eigenvalue weighted by atomic mass is 10.1. The SMILES string of the molecule is Cc1cccc(N)c1NC(=O)CN(C)CCOC(C)C. The first kappa shape index (κ1) is 16.5. The highest BCUT2D eigenvalue weighted by Crippen LogP contribution is 2.22. The molecule has 3 N–H and O–H groups in total. The van der Waals surface area contributed by atoms with Gasteiger partial charge in [0.25, 0.3) is 0 Å². The van der Waals surface area contributed by atoms with E-state index in [1.165, 1.54) is 0 Å². The molecule has 0 fully saturated rings. The Labute approximate surface area is 121 Å². The molecule has 0 aromatic heterocycles. The van der Waals surface area contributed by atoms with E-state index < -0.39 is 0 Å². The third-order valence-electron chi connectivity index (χ3n) is 2.91. The normalized spacial score (nSPS) is 11.1. The highest BCUT2D eigenvalue weighted by atomic mass is 16.5. The van der Waals surface area contributed by atoms with Gasteiger partial charge in [0.05, 0.1) is 30.6 Å². The van der Waals surface area contributed by atoms with Gasteiger partial charge < -0.3 is 15.8 Å². The van der Waals surface area contributed by atoms with Gasteiger partial charge in [-0.3, -0.25) is 9.69 Å². The van der Waals surface area contributed by atoms with Crippen molar-refractivity contribution in [2.75, 3.05) is 37.8 Å². The van der Waals surface area contributed by atoms with Gasteiger partial charge in [-0.25, -0.2) is 0 Å². The number of benzene rings is 1. The van der Waals surface area contributed by atoms with Crippen LogP contribution in [0.3, 0.4) is 0 Å². The lowest BCUT2D eigenvalue weighted by molar-refractivity contribution is -0.117. The van der Waals surface area contributed by atoms with E-state index in [1.54, 1.807) is 6.07 Å². The van der Waals surface area contributed by atoms with Gasteiger partial charge in [-0.2, -0.15) is 0 Å². The summed E-state index contributed by atoms with van der Waals surface area (Å²) in [7, 11) is 1.89. The average molecular weight is 279 g/mol. The Kier molecular flexibility index (Phi) is 6.48. The summed E-state index contributed by atoms with van der Waals surface area (Å²) in [6.45, 7) is 7.56. The smallest absolute Gasteiger partial charge is 0.238 e. The van der Waals surface area contributed by atoms with Crippen molar-refractivity contribution >= 4 is 17.3 Å². The topological polar surface area (TPSA) is 67.6 Å². The van der Waals surface area contributed by atoms with Crippen LogP contribution in [0.15, 0.2) is 18.2 Å². The number of hydrogen-bond acceptors (Lipinski definition) is 4. The lowest BCUT2D eigenvalue weighted by Gasteiger charge is -2.18. The molecule has 1 rings (SSSR count). The number of amides is 1. The highest BCUT2D eigenvalue weighted by Gasteiger charge is 2.10. The van der Waals surface area contributed by atoms with E-state index in [9.17, 15) is 4.79 Å². The fraction of sp³-hybridized carbons (Fsp3) is 0.533. The summed E-state index contributed by atoms with van der Waals surface area (Å²) < 4.78 is 5.46. The lowest BCUT2D eigenvalue weighted by Crippen LogP contribution is -2.33. The Bertz CT molecular complexity index is 426. The van der Waals surface area contributed by atoms with Crippen LogP contribution in [-0.4, -0.2) is 43.7 Å². The summed E-state index contributed by atoms with van der Waals surface area (Å²) in [6, 6.07) is 5.57. The number of ether oxygens (including phenoxy) is 1. The van der Waals surface area contributed by atoms with Crippen LogP contribution in [0.5, 0.6) is 0 Å². The van der Waals surface area contributed by atoms with Crippen molar-refractivity contribution < 1.29 is 9.53 Å². The summed E-state index contributed by atoms with van der Waals surface area (Å²) in [4.78, 5) is 13.9. The molecule has 1 amide bonds. The molecule has 1 aromatic rings. The molecule has 20 heavy (non-hydrogen) atoms. The second-order valence-electron chi connectivity index (χ2n) is 5.24. The fourth-order valence-electron chi connectivity index (χ4n) is 1.81. The van der Waals surface area contributed by atoms with E-state index in [4.69, 9.17) is 10.5 Å². The molecule has 5 nitrogen and oxygen atoms in total. The molecule has 0 bridgehead atoms. The number of carbonyl (C=O) groups excluding carboxylic acids is 1. The van der Waals surface area contributed by atoms with Crippen molar-refractivity contribution in [2.45, 2.75) is 26.9 Å². The Morgan fingerprint density at radius 3 is 2.75 bits per heavy atom. The molecule has 0 saturated carbocycles. The molecule has 112 valence electrons. The van der Waals surface area contributed by atoms with Gasteiger partial charge in [-0.15, -0.1) is 0 Å². The summed E-state index contributed by atoms with van der Waals surface area (Å²) in [5.41, 5.74) is 8.11. The van der Waals surface area contributed by atoms with E-state index in [1.807, 2.05) is 44.9 Å². The van der Waals surface area contributed by atoms with E-state index >= 15 is 0 Å². The number of nitrogens with two attached hydrogens (primary N) is 1. The Hall–Kier alpha value is -1.59. The Morgan fingerprint density at radius 1 is 1.45 bits per heavy atom. The van der Waals surface area contributed by atoms with Gasteiger partial charge in [0.1, 0.15) is 0 Å². The molecule has 0 radical (unpaired) electrons. The quantitative estimate of drug-likeness (QED) is 0.748. The van der Waals surface area contributed by atoms with E-state index in [0.29, 0.717) is 24.5 Å². The molecule has 0 saturated heterocycles. The molecule has 0 spiro atoms. The number of nitrogen functional groups attached to an aromatic ring is 1. The third-order valence-corrected chi connectivity index (χ3v) is 2.91. The van der Waals surface area contributed by atoms with Crippen LogP contribution in [-0.2, 0) is 9.53 Å². The van der Waals surface area contributed by atoms with Gasteiger partial charge in [0, 0.05) is 6.54 Å². The molecular weight excluding hydrogens is 254 g/mol. The summed E-state index contributed by atoms with van der Waals surface area (Å²) in [5.74, 6) is -0.0713. The fourth-order valence-corrected chi connectivity index (χ4v) is 1.81. The van der Waals surface area contributed by atoms with Gasteiger partial charge in [0.2, 0.25) is 5.91 Å². The molecule has 1 aromatic carbocycles. The number of rotatable bonds is 7. The number of hydrogen-bond donors (Lipinski definition) is 2. The summed E-state index contributed by atoms with van der Waals surface area (Å²) >= 11 is 0. The minimum absolute atomic E-state index is 0.0713. The molecule has 0 heterocycles. The van der Waals surface area contributed by atoms with Crippen molar-refractivity contribution in [1.82, 2.24) is 4.90 Å². The first-order chi connectivity index (χ1) is 9.40. The van der Waals surface area contributed by atoms with E-state index in [-0.39, 0.29) is 12.0 Å². The maximum atomic E-state index is 12.0. The van der Waals surface area contributed by atoms with Gasteiger partial charge in [-0.1, -0.05) is 12.1 Å². The molecule has 0 aliphatic heterocycles. The maximum Gasteiger partial charge on any atom is 0.238 e. The zero-order valence-corrected chi connectivity index (χ0v) is 12.8. The molecule has 0 unspecified atom stereocenters. The summed E-state index contributed by atoms with van der Waals surface area (Å²) in [5, 5.41) is 2.86. The van der Waals surface area contributed by atoms with Crippen LogP contribution in [0.2, 0.25) is 0 Å². The number of aryl methyl sites for hydroxylation is 1. The number of carbonyl (C=O) groups is 1. The van der Waals surface area contributed by atoms with Crippen LogP contribution >= 0.6 is 0 Å². The monoisotopic (exact) mass is 279 g/mol.